The lowest BCUT2D eigenvalue weighted by atomic mass is 10.2. The Morgan fingerprint density at radius 2 is 1.47 bits per heavy atom. The molecule has 0 spiro atoms. The summed E-state index contributed by atoms with van der Waals surface area (Å²) >= 11 is 0. The van der Waals surface area contributed by atoms with E-state index < -0.39 is 8.07 Å². The summed E-state index contributed by atoms with van der Waals surface area (Å²) in [5.74, 6) is 0.295. The molecule has 1 aliphatic heterocycles. The molecule has 0 bridgehead atoms. The van der Waals surface area contributed by atoms with Gasteiger partial charge in [-0.25, -0.2) is 0 Å². The van der Waals surface area contributed by atoms with Crippen LogP contribution in [0.15, 0.2) is 24.4 Å². The van der Waals surface area contributed by atoms with Gasteiger partial charge in [-0.2, -0.15) is 4.57 Å². The highest BCUT2D eigenvalue weighted by Crippen LogP contribution is 2.49. The van der Waals surface area contributed by atoms with Crippen molar-refractivity contribution in [2.45, 2.75) is 58.2 Å². The molecule has 19 heavy (non-hydrogen) atoms. The van der Waals surface area contributed by atoms with Gasteiger partial charge in [-0.3, -0.25) is 0 Å². The molecule has 0 saturated carbocycles. The summed E-state index contributed by atoms with van der Waals surface area (Å²) in [6.45, 7) is 13.8. The first-order valence-corrected chi connectivity index (χ1v) is 9.51. The zero-order chi connectivity index (χ0) is 14.4. The van der Waals surface area contributed by atoms with E-state index in [1.54, 1.807) is 0 Å². The van der Waals surface area contributed by atoms with Crippen molar-refractivity contribution in [2.24, 2.45) is 0 Å². The maximum Gasteiger partial charge on any atom is 0.208 e. The number of fused-ring (bicyclic) bond motifs is 1. The van der Waals surface area contributed by atoms with Gasteiger partial charge in [-0.05, 0) is 22.7 Å². The molecule has 1 aliphatic rings. The van der Waals surface area contributed by atoms with E-state index in [4.69, 9.17) is 0 Å². The van der Waals surface area contributed by atoms with Gasteiger partial charge in [0, 0.05) is 17.9 Å². The molecule has 0 fully saturated rings. The van der Waals surface area contributed by atoms with Crippen LogP contribution in [-0.2, 0) is 0 Å². The fourth-order valence-electron chi connectivity index (χ4n) is 4.23. The maximum atomic E-state index is 12.6. The van der Waals surface area contributed by atoms with Crippen molar-refractivity contribution < 1.29 is 9.67 Å². The predicted molar refractivity (Wildman–Crippen MR) is 80.8 cm³/mol. The third-order valence-corrected chi connectivity index (χ3v) is 11.8. The third-order valence-electron chi connectivity index (χ3n) is 4.82. The average molecular weight is 275 g/mol. The monoisotopic (exact) mass is 275 g/mol. The summed E-state index contributed by atoms with van der Waals surface area (Å²) in [4.78, 5) is 0. The molecule has 2 heterocycles. The molecule has 0 amide bonds. The van der Waals surface area contributed by atoms with Gasteiger partial charge in [0.05, 0.1) is 0 Å². The van der Waals surface area contributed by atoms with Crippen LogP contribution in [0.3, 0.4) is 0 Å². The minimum atomic E-state index is -1.83. The van der Waals surface area contributed by atoms with Gasteiger partial charge in [0.1, 0.15) is 0 Å². The molecule has 2 rings (SSSR count). The Kier molecular flexibility index (Phi) is 3.60. The van der Waals surface area contributed by atoms with Crippen molar-refractivity contribution in [2.75, 3.05) is 0 Å². The fourth-order valence-corrected chi connectivity index (χ4v) is 11.0. The molecule has 3 heteroatoms. The first kappa shape index (κ1) is 14.3. The normalized spacial score (nSPS) is 15.2. The fraction of sp³-hybridized carbons (Fsp3) is 0.562. The molecular formula is C16H25NOSi. The number of hydrogen-bond acceptors (Lipinski definition) is 1. The average Bonchev–Trinajstić information content (AvgIpc) is 2.33. The second kappa shape index (κ2) is 4.78. The molecule has 0 atom stereocenters. The van der Waals surface area contributed by atoms with Crippen LogP contribution in [0.25, 0.3) is 11.1 Å². The topological polar surface area (TPSA) is 26.9 Å². The smallest absolute Gasteiger partial charge is 0.208 e. The quantitative estimate of drug-likeness (QED) is 0.612. The van der Waals surface area contributed by atoms with E-state index in [9.17, 15) is 5.11 Å². The first-order valence-electron chi connectivity index (χ1n) is 7.28. The number of nitrogens with zero attached hydrogens (tertiary/aromatic N) is 1. The summed E-state index contributed by atoms with van der Waals surface area (Å²) < 4.78 is 2.16. The standard InChI is InChI=1S/C16H25NOSi/c1-11(2)19(12(3)4,13(5)6)16-15(18)14-9-7-8-10-17(14)16/h7-13H,1-6H3. The van der Waals surface area contributed by atoms with Gasteiger partial charge in [-0.15, -0.1) is 0 Å². The summed E-state index contributed by atoms with van der Waals surface area (Å²) in [7, 11) is -1.83. The van der Waals surface area contributed by atoms with Crippen molar-refractivity contribution in [1.82, 2.24) is 0 Å². The van der Waals surface area contributed by atoms with E-state index in [-0.39, 0.29) is 0 Å². The van der Waals surface area contributed by atoms with Crippen molar-refractivity contribution in [3.63, 3.8) is 0 Å². The summed E-state index contributed by atoms with van der Waals surface area (Å²) in [5, 5.41) is 13.7. The highest BCUT2D eigenvalue weighted by molar-refractivity contribution is 6.98. The highest BCUT2D eigenvalue weighted by Gasteiger charge is 2.55. The molecule has 104 valence electrons. The lowest BCUT2D eigenvalue weighted by molar-refractivity contribution is -0.603. The molecule has 2 nitrogen and oxygen atoms in total. The number of aromatic nitrogens is 1. The van der Waals surface area contributed by atoms with E-state index in [1.807, 2.05) is 18.2 Å². The van der Waals surface area contributed by atoms with Crippen molar-refractivity contribution in [1.29, 1.82) is 0 Å². The second-order valence-corrected chi connectivity index (χ2v) is 12.3. The lowest BCUT2D eigenvalue weighted by Gasteiger charge is -2.45. The first-order chi connectivity index (χ1) is 8.85. The molecule has 0 N–H and O–H groups in total. The van der Waals surface area contributed by atoms with Crippen LogP contribution < -0.4 is 9.67 Å². The lowest BCUT2D eigenvalue weighted by Crippen LogP contribution is -2.62. The van der Waals surface area contributed by atoms with Crippen LogP contribution in [0.4, 0.5) is 0 Å². The summed E-state index contributed by atoms with van der Waals surface area (Å²) in [6, 6.07) is 5.91. The Hall–Kier alpha value is -1.09. The summed E-state index contributed by atoms with van der Waals surface area (Å²) in [6.07, 6.45) is 2.06. The molecule has 0 aromatic carbocycles. The maximum absolute atomic E-state index is 12.6. The highest BCUT2D eigenvalue weighted by atomic mass is 28.3. The summed E-state index contributed by atoms with van der Waals surface area (Å²) in [5.41, 5.74) is 2.59. The molecule has 0 radical (unpaired) electrons. The zero-order valence-electron chi connectivity index (χ0n) is 12.9. The Labute approximate surface area is 117 Å². The van der Waals surface area contributed by atoms with Crippen LogP contribution in [0.5, 0.6) is 0 Å². The van der Waals surface area contributed by atoms with E-state index >= 15 is 0 Å². The minimum absolute atomic E-state index is 0.295. The molecule has 1 aromatic heterocycles. The van der Waals surface area contributed by atoms with Crippen LogP contribution in [0.2, 0.25) is 16.6 Å². The van der Waals surface area contributed by atoms with Crippen LogP contribution in [-0.4, -0.2) is 8.07 Å². The Balaban J connectivity index is 2.63. The largest absolute Gasteiger partial charge is 0.864 e. The van der Waals surface area contributed by atoms with Gasteiger partial charge in [-0.1, -0.05) is 41.5 Å². The van der Waals surface area contributed by atoms with E-state index in [0.29, 0.717) is 22.4 Å². The predicted octanol–water partition coefficient (Wildman–Crippen LogP) is 3.19. The van der Waals surface area contributed by atoms with E-state index in [0.717, 1.165) is 11.0 Å². The number of rotatable bonds is 4. The Morgan fingerprint density at radius 1 is 0.947 bits per heavy atom. The molecule has 0 aliphatic carbocycles. The van der Waals surface area contributed by atoms with Gasteiger partial charge < -0.3 is 5.11 Å². The minimum Gasteiger partial charge on any atom is -0.864 e. The molecule has 0 saturated heterocycles. The van der Waals surface area contributed by atoms with Crippen LogP contribution >= 0.6 is 0 Å². The second-order valence-electron chi connectivity index (χ2n) is 6.53. The van der Waals surface area contributed by atoms with Gasteiger partial charge in [0.2, 0.25) is 5.69 Å². The Morgan fingerprint density at radius 3 is 1.95 bits per heavy atom. The van der Waals surface area contributed by atoms with Crippen LogP contribution in [0, 0.1) is 0 Å². The zero-order valence-corrected chi connectivity index (χ0v) is 13.9. The van der Waals surface area contributed by atoms with Crippen molar-refractivity contribution >= 4 is 19.2 Å². The van der Waals surface area contributed by atoms with E-state index in [1.165, 1.54) is 0 Å². The molecule has 1 aromatic rings. The van der Waals surface area contributed by atoms with Crippen LogP contribution in [0.1, 0.15) is 47.2 Å². The molecule has 0 unspecified atom stereocenters. The number of hydrogen-bond donors (Lipinski definition) is 0. The van der Waals surface area contributed by atoms with Crippen molar-refractivity contribution in [3.05, 3.63) is 30.1 Å². The van der Waals surface area contributed by atoms with E-state index in [2.05, 4.69) is 52.3 Å². The third kappa shape index (κ3) is 1.78. The number of pyridine rings is 1. The molecular weight excluding hydrogens is 250 g/mol. The van der Waals surface area contributed by atoms with Gasteiger partial charge in [0.25, 0.3) is 0 Å². The van der Waals surface area contributed by atoms with Crippen molar-refractivity contribution in [3.8, 4) is 0 Å². The van der Waals surface area contributed by atoms with Gasteiger partial charge in [0.15, 0.2) is 19.6 Å². The Bertz CT molecular complexity index is 495. The van der Waals surface area contributed by atoms with Gasteiger partial charge >= 0.3 is 0 Å². The SMILES string of the molecule is CC(C)[Si](C1=C([O-])c2cccc[n+]21)(C(C)C)C(C)C.